The third-order valence-corrected chi connectivity index (χ3v) is 3.94. The minimum Gasteiger partial charge on any atom is -0.385 e. The summed E-state index contributed by atoms with van der Waals surface area (Å²) in [4.78, 5) is 0. The Balaban J connectivity index is 1.90. The molecule has 1 saturated heterocycles. The van der Waals surface area contributed by atoms with Crippen LogP contribution in [-0.2, 0) is 5.41 Å². The summed E-state index contributed by atoms with van der Waals surface area (Å²) in [7, 11) is 0. The summed E-state index contributed by atoms with van der Waals surface area (Å²) in [5.74, 6) is 0.775. The summed E-state index contributed by atoms with van der Waals surface area (Å²) in [6.45, 7) is 7.22. The highest BCUT2D eigenvalue weighted by molar-refractivity contribution is 5.47. The number of piperidine rings is 1. The van der Waals surface area contributed by atoms with E-state index in [4.69, 9.17) is 5.26 Å². The average molecular weight is 257 g/mol. The molecular formula is C16H23N3. The fourth-order valence-corrected chi connectivity index (χ4v) is 2.42. The van der Waals surface area contributed by atoms with Crippen molar-refractivity contribution >= 4 is 5.69 Å². The molecule has 1 aromatic rings. The van der Waals surface area contributed by atoms with Crippen molar-refractivity contribution < 1.29 is 0 Å². The van der Waals surface area contributed by atoms with Crippen molar-refractivity contribution in [2.24, 2.45) is 5.92 Å². The number of rotatable bonds is 4. The largest absolute Gasteiger partial charge is 0.385 e. The maximum Gasteiger partial charge on any atom is 0.0766 e. The van der Waals surface area contributed by atoms with Crippen LogP contribution in [0.25, 0.3) is 0 Å². The van der Waals surface area contributed by atoms with Crippen LogP contribution in [0.5, 0.6) is 0 Å². The van der Waals surface area contributed by atoms with Gasteiger partial charge in [0.15, 0.2) is 0 Å². The molecule has 19 heavy (non-hydrogen) atoms. The molecule has 0 saturated carbocycles. The number of benzene rings is 1. The summed E-state index contributed by atoms with van der Waals surface area (Å²) in [5, 5.41) is 16.0. The molecule has 0 aromatic heterocycles. The van der Waals surface area contributed by atoms with Gasteiger partial charge >= 0.3 is 0 Å². The molecule has 1 fully saturated rings. The molecule has 102 valence electrons. The maximum absolute atomic E-state index is 9.12. The third kappa shape index (κ3) is 3.71. The first-order chi connectivity index (χ1) is 9.12. The first-order valence-corrected chi connectivity index (χ1v) is 7.08. The molecule has 1 aliphatic heterocycles. The van der Waals surface area contributed by atoms with E-state index < -0.39 is 5.41 Å². The minimum absolute atomic E-state index is 0.409. The molecule has 1 aromatic carbocycles. The lowest BCUT2D eigenvalue weighted by atomic mass is 9.86. The van der Waals surface area contributed by atoms with Crippen LogP contribution < -0.4 is 10.6 Å². The Morgan fingerprint density at radius 1 is 1.26 bits per heavy atom. The lowest BCUT2D eigenvalue weighted by Gasteiger charge is -2.23. The summed E-state index contributed by atoms with van der Waals surface area (Å²) in [6, 6.07) is 10.6. The van der Waals surface area contributed by atoms with E-state index in [2.05, 4.69) is 28.8 Å². The molecule has 2 rings (SSSR count). The molecule has 0 radical (unpaired) electrons. The Hall–Kier alpha value is -1.53. The first kappa shape index (κ1) is 13.9. The van der Waals surface area contributed by atoms with Crippen LogP contribution in [0.2, 0.25) is 0 Å². The van der Waals surface area contributed by atoms with Crippen molar-refractivity contribution in [2.45, 2.75) is 32.1 Å². The monoisotopic (exact) mass is 257 g/mol. The van der Waals surface area contributed by atoms with E-state index in [1.54, 1.807) is 0 Å². The van der Waals surface area contributed by atoms with E-state index in [1.807, 2.05) is 26.0 Å². The van der Waals surface area contributed by atoms with Crippen molar-refractivity contribution in [3.05, 3.63) is 29.8 Å². The van der Waals surface area contributed by atoms with Gasteiger partial charge in [-0.15, -0.1) is 0 Å². The molecule has 1 aliphatic rings. The second-order valence-corrected chi connectivity index (χ2v) is 5.89. The molecule has 0 unspecified atom stereocenters. The van der Waals surface area contributed by atoms with Crippen LogP contribution in [-0.4, -0.2) is 19.6 Å². The van der Waals surface area contributed by atoms with Gasteiger partial charge in [0.1, 0.15) is 0 Å². The van der Waals surface area contributed by atoms with E-state index in [1.165, 1.54) is 12.8 Å². The van der Waals surface area contributed by atoms with Gasteiger partial charge in [-0.2, -0.15) is 5.26 Å². The van der Waals surface area contributed by atoms with Gasteiger partial charge < -0.3 is 10.6 Å². The Labute approximate surface area is 116 Å². The number of anilines is 1. The second kappa shape index (κ2) is 6.08. The van der Waals surface area contributed by atoms with Gasteiger partial charge in [0.2, 0.25) is 0 Å². The van der Waals surface area contributed by atoms with E-state index in [9.17, 15) is 0 Å². The maximum atomic E-state index is 9.12. The highest BCUT2D eigenvalue weighted by atomic mass is 14.9. The number of hydrogen-bond acceptors (Lipinski definition) is 3. The molecule has 0 bridgehead atoms. The molecule has 3 nitrogen and oxygen atoms in total. The number of hydrogen-bond donors (Lipinski definition) is 2. The van der Waals surface area contributed by atoms with Gasteiger partial charge in [0, 0.05) is 12.2 Å². The van der Waals surface area contributed by atoms with E-state index in [0.29, 0.717) is 0 Å². The van der Waals surface area contributed by atoms with E-state index >= 15 is 0 Å². The molecule has 3 heteroatoms. The Kier molecular flexibility index (Phi) is 4.44. The normalized spacial score (nSPS) is 16.9. The van der Waals surface area contributed by atoms with E-state index in [-0.39, 0.29) is 0 Å². The lowest BCUT2D eigenvalue weighted by Crippen LogP contribution is -2.31. The van der Waals surface area contributed by atoms with Gasteiger partial charge in [0.05, 0.1) is 11.5 Å². The van der Waals surface area contributed by atoms with Crippen molar-refractivity contribution in [1.29, 1.82) is 5.26 Å². The zero-order valence-corrected chi connectivity index (χ0v) is 11.9. The molecule has 0 amide bonds. The van der Waals surface area contributed by atoms with Gasteiger partial charge in [0.25, 0.3) is 0 Å². The predicted octanol–water partition coefficient (Wildman–Crippen LogP) is 2.90. The summed E-state index contributed by atoms with van der Waals surface area (Å²) < 4.78 is 0. The predicted molar refractivity (Wildman–Crippen MR) is 79.2 cm³/mol. The first-order valence-electron chi connectivity index (χ1n) is 7.08. The van der Waals surface area contributed by atoms with Crippen LogP contribution in [0.4, 0.5) is 5.69 Å². The molecular weight excluding hydrogens is 234 g/mol. The number of nitrogens with zero attached hydrogens (tertiary/aromatic N) is 1. The Morgan fingerprint density at radius 2 is 1.89 bits per heavy atom. The van der Waals surface area contributed by atoms with Crippen LogP contribution in [0.1, 0.15) is 32.3 Å². The van der Waals surface area contributed by atoms with E-state index in [0.717, 1.165) is 36.8 Å². The van der Waals surface area contributed by atoms with Crippen molar-refractivity contribution in [3.63, 3.8) is 0 Å². The van der Waals surface area contributed by atoms with Gasteiger partial charge in [-0.3, -0.25) is 0 Å². The topological polar surface area (TPSA) is 47.9 Å². The summed E-state index contributed by atoms with van der Waals surface area (Å²) in [5.41, 5.74) is 1.81. The molecule has 0 aliphatic carbocycles. The van der Waals surface area contributed by atoms with Gasteiger partial charge in [-0.25, -0.2) is 0 Å². The highest BCUT2D eigenvalue weighted by Gasteiger charge is 2.19. The lowest BCUT2D eigenvalue weighted by molar-refractivity contribution is 0.390. The van der Waals surface area contributed by atoms with Crippen molar-refractivity contribution in [1.82, 2.24) is 5.32 Å². The SMILES string of the molecule is CC(C)(C#N)c1ccc(NCC2CCNCC2)cc1. The minimum atomic E-state index is -0.409. The van der Waals surface area contributed by atoms with Crippen LogP contribution in [0.3, 0.4) is 0 Å². The van der Waals surface area contributed by atoms with Crippen LogP contribution >= 0.6 is 0 Å². The molecule has 1 heterocycles. The molecule has 0 spiro atoms. The zero-order chi connectivity index (χ0) is 13.7. The summed E-state index contributed by atoms with van der Waals surface area (Å²) in [6.07, 6.45) is 2.51. The highest BCUT2D eigenvalue weighted by Crippen LogP contribution is 2.23. The summed E-state index contributed by atoms with van der Waals surface area (Å²) >= 11 is 0. The van der Waals surface area contributed by atoms with Crippen molar-refractivity contribution in [2.75, 3.05) is 25.0 Å². The second-order valence-electron chi connectivity index (χ2n) is 5.89. The van der Waals surface area contributed by atoms with Gasteiger partial charge in [-0.05, 0) is 63.4 Å². The fraction of sp³-hybridized carbons (Fsp3) is 0.562. The van der Waals surface area contributed by atoms with Gasteiger partial charge in [-0.1, -0.05) is 12.1 Å². The quantitative estimate of drug-likeness (QED) is 0.872. The van der Waals surface area contributed by atoms with Crippen LogP contribution in [0.15, 0.2) is 24.3 Å². The third-order valence-electron chi connectivity index (χ3n) is 3.94. The smallest absolute Gasteiger partial charge is 0.0766 e. The molecule has 0 atom stereocenters. The standard InChI is InChI=1S/C16H23N3/c1-16(2,12-17)14-3-5-15(6-4-14)19-11-13-7-9-18-10-8-13/h3-6,13,18-19H,7-11H2,1-2H3. The zero-order valence-electron chi connectivity index (χ0n) is 11.9. The van der Waals surface area contributed by atoms with Crippen LogP contribution in [0, 0.1) is 17.2 Å². The number of nitriles is 1. The Morgan fingerprint density at radius 3 is 2.47 bits per heavy atom. The fourth-order valence-electron chi connectivity index (χ4n) is 2.42. The number of nitrogens with one attached hydrogen (secondary N) is 2. The Bertz CT molecular complexity index is 436. The van der Waals surface area contributed by atoms with Crippen molar-refractivity contribution in [3.8, 4) is 6.07 Å². The molecule has 2 N–H and O–H groups in total. The average Bonchev–Trinajstić information content (AvgIpc) is 2.47.